The zero-order valence-electron chi connectivity index (χ0n) is 72.0. The molecule has 3 aliphatic heterocycles. The molecule has 7 amide bonds. The molecule has 9 atom stereocenters. The van der Waals surface area contributed by atoms with Gasteiger partial charge < -0.3 is 143 Å². The Kier molecular flexibility index (Phi) is 33.0. The first-order valence-corrected chi connectivity index (χ1v) is 42.0. The number of nitrogens with zero attached hydrogens (tertiary/aromatic N) is 3. The number of piperazine rings is 2. The van der Waals surface area contributed by atoms with Crippen LogP contribution in [0.5, 0.6) is 115 Å². The molecule has 1 aliphatic carbocycles. The summed E-state index contributed by atoms with van der Waals surface area (Å²) in [6.45, 7) is 6.70. The van der Waals surface area contributed by atoms with Gasteiger partial charge in [0.05, 0.1) is 6.42 Å². The van der Waals surface area contributed by atoms with Gasteiger partial charge in [0.1, 0.15) is 30.2 Å². The van der Waals surface area contributed by atoms with Crippen LogP contribution in [0.4, 0.5) is 0 Å². The predicted octanol–water partition coefficient (Wildman–Crippen LogP) is 8.85. The van der Waals surface area contributed by atoms with Crippen LogP contribution in [0.15, 0.2) is 182 Å². The molecule has 1 saturated carbocycles. The molecule has 131 heavy (non-hydrogen) atoms. The molecule has 4 fully saturated rings. The normalized spacial score (nSPS) is 18.0. The van der Waals surface area contributed by atoms with Crippen LogP contribution in [-0.4, -0.2) is 222 Å². The topological polar surface area (TPSA) is 594 Å². The molecule has 0 radical (unpaired) electrons. The van der Waals surface area contributed by atoms with Gasteiger partial charge in [-0.2, -0.15) is 0 Å². The van der Waals surface area contributed by atoms with Crippen LogP contribution in [0.2, 0.25) is 0 Å². The molecular weight excluding hydrogens is 1700 g/mol. The fourth-order valence-electron chi connectivity index (χ4n) is 15.6. The van der Waals surface area contributed by atoms with Crippen LogP contribution in [0.1, 0.15) is 125 Å². The second-order valence-corrected chi connectivity index (χ2v) is 32.8. The predicted molar refractivity (Wildman–Crippen MR) is 476 cm³/mol. The molecule has 10 aromatic carbocycles. The third-order valence-corrected chi connectivity index (χ3v) is 23.4. The molecule has 10 aromatic rings. The van der Waals surface area contributed by atoms with E-state index in [9.17, 15) is 136 Å². The van der Waals surface area contributed by atoms with Crippen molar-refractivity contribution in [2.75, 3.05) is 33.7 Å². The Balaban J connectivity index is 0.000000171. The van der Waals surface area contributed by atoms with Gasteiger partial charge in [-0.1, -0.05) is 74.9 Å². The summed E-state index contributed by atoms with van der Waals surface area (Å²) in [6, 6.07) is 40.2. The number of phenolic OH excluding ortho intramolecular Hbond substituents is 20. The Hall–Kier alpha value is -15.6. The van der Waals surface area contributed by atoms with Crippen molar-refractivity contribution in [1.82, 2.24) is 41.3 Å². The van der Waals surface area contributed by atoms with Gasteiger partial charge in [0.25, 0.3) is 5.91 Å². The third kappa shape index (κ3) is 26.3. The highest BCUT2D eigenvalue weighted by Crippen LogP contribution is 2.41. The minimum absolute atomic E-state index is 0.0173. The largest absolute Gasteiger partial charge is 0.504 e. The molecule has 3 heterocycles. The Morgan fingerprint density at radius 3 is 1.08 bits per heavy atom. The van der Waals surface area contributed by atoms with E-state index in [4.69, 9.17) is 0 Å². The second-order valence-electron chi connectivity index (χ2n) is 32.8. The van der Waals surface area contributed by atoms with Gasteiger partial charge in [0.2, 0.25) is 35.4 Å². The zero-order valence-corrected chi connectivity index (χ0v) is 72.0. The second kappa shape index (κ2) is 44.3. The van der Waals surface area contributed by atoms with E-state index >= 15 is 0 Å². The Bertz CT molecular complexity index is 5570. The van der Waals surface area contributed by atoms with Crippen LogP contribution in [0, 0.1) is 11.8 Å². The van der Waals surface area contributed by atoms with Crippen molar-refractivity contribution in [3.63, 3.8) is 0 Å². The zero-order chi connectivity index (χ0) is 95.4. The molecule has 35 nitrogen and oxygen atoms in total. The highest BCUT2D eigenvalue weighted by Gasteiger charge is 2.43. The van der Waals surface area contributed by atoms with Gasteiger partial charge in [-0.25, -0.2) is 0 Å². The monoisotopic (exact) mass is 1800 g/mol. The van der Waals surface area contributed by atoms with Crippen molar-refractivity contribution < 1.29 is 136 Å². The van der Waals surface area contributed by atoms with E-state index in [1.54, 1.807) is 74.8 Å². The van der Waals surface area contributed by atoms with Crippen molar-refractivity contribution in [1.29, 1.82) is 0 Å². The summed E-state index contributed by atoms with van der Waals surface area (Å²) in [5.74, 6) is -5.51. The molecule has 14 rings (SSSR count). The highest BCUT2D eigenvalue weighted by molar-refractivity contribution is 5.98. The van der Waals surface area contributed by atoms with Crippen molar-refractivity contribution in [2.24, 2.45) is 11.8 Å². The number of aromatic hydroxyl groups is 20. The third-order valence-electron chi connectivity index (χ3n) is 23.4. The molecule has 4 aliphatic rings. The summed E-state index contributed by atoms with van der Waals surface area (Å²) < 4.78 is 0. The molecule has 0 bridgehead atoms. The number of carbonyl (C=O) groups is 7. The Morgan fingerprint density at radius 1 is 0.359 bits per heavy atom. The van der Waals surface area contributed by atoms with Gasteiger partial charge in [-0.15, -0.1) is 0 Å². The highest BCUT2D eigenvalue weighted by atomic mass is 16.3. The Labute approximate surface area is 752 Å². The Morgan fingerprint density at radius 2 is 0.687 bits per heavy atom. The molecule has 25 N–H and O–H groups in total. The number of carbonyl (C=O) groups excluding carboxylic acids is 7. The standard InChI is InChI=1S/C22H28N2O5.2C20H22N2O6.C18H18N2O6.C16H18O4/c25-18-6-4-16(9-20(18)27)12-23-11-14-2-1-3-15(8-14)13-24-22(29)17-5-7-19(26)21(28)10-17;1-21-13(7-11-3-5-15(23)17(25)9-11)20(28)22(2)14(19(21)27)8-12-4-6-16(24)18(26)10-12;23-15-5-3-12(8-17(15)25)10-19(27)22-7-1-2-14(22)20(28)21-11-13-4-6-16(24)18(26)9-13;21-13-3-1-9(7-15(13)23)5-11-17(25)20-12(18(26)19-11)6-10-2-4-14(22)16(24)8-10;1-9(11-3-5-13(17)15(19)7-11)10(2)12-4-6-14(18)16(20)8-12/h4-7,9-10,14-15,23,25-28H,1-3,8,11-13H2,(H,24,29);3-6,9-10,13-14,23-26H,7-8H2,1-2H3;3-6,8-9,14,23-26H,1-2,7,10-11H2,(H,21,28);1-4,7-8,11-12,21-24H,5-6H2,(H,19,26)(H,20,25);3-10,17-20H,1-2H3. The maximum atomic E-state index is 12.9. The van der Waals surface area contributed by atoms with Crippen molar-refractivity contribution in [3.05, 3.63) is 238 Å². The summed E-state index contributed by atoms with van der Waals surface area (Å²) in [4.78, 5) is 92.1. The van der Waals surface area contributed by atoms with E-state index in [0.717, 1.165) is 48.9 Å². The van der Waals surface area contributed by atoms with Gasteiger partial charge in [-0.3, -0.25) is 33.6 Å². The molecular formula is C96H108N8O27. The lowest BCUT2D eigenvalue weighted by molar-refractivity contribution is -0.158. The quantitative estimate of drug-likeness (QED) is 0.0266. The number of nitrogens with one attached hydrogen (secondary N) is 5. The summed E-state index contributed by atoms with van der Waals surface area (Å²) in [6.07, 6.45) is 6.37. The van der Waals surface area contributed by atoms with Gasteiger partial charge in [0.15, 0.2) is 115 Å². The summed E-state index contributed by atoms with van der Waals surface area (Å²) in [5.41, 5.74) is 6.59. The summed E-state index contributed by atoms with van der Waals surface area (Å²) >= 11 is 0. The van der Waals surface area contributed by atoms with Crippen LogP contribution in [0.3, 0.4) is 0 Å². The minimum atomic E-state index is -0.795. The molecule has 694 valence electrons. The van der Waals surface area contributed by atoms with Crippen molar-refractivity contribution in [3.8, 4) is 115 Å². The molecule has 3 saturated heterocycles. The fourth-order valence-corrected chi connectivity index (χ4v) is 15.6. The van der Waals surface area contributed by atoms with Crippen LogP contribution >= 0.6 is 0 Å². The van der Waals surface area contributed by atoms with Crippen LogP contribution < -0.4 is 26.6 Å². The number of hydrogen-bond acceptors (Lipinski definition) is 28. The van der Waals surface area contributed by atoms with E-state index in [-0.39, 0.29) is 207 Å². The molecule has 9 unspecified atom stereocenters. The van der Waals surface area contributed by atoms with Gasteiger partial charge in [0, 0.05) is 71.5 Å². The van der Waals surface area contributed by atoms with Gasteiger partial charge >= 0.3 is 0 Å². The summed E-state index contributed by atoms with van der Waals surface area (Å²) in [7, 11) is 3.11. The lowest BCUT2D eigenvalue weighted by Gasteiger charge is -2.42. The van der Waals surface area contributed by atoms with Crippen molar-refractivity contribution in [2.45, 2.75) is 140 Å². The average molecular weight is 1810 g/mol. The fraction of sp³-hybridized carbons (Fsp3) is 0.302. The smallest absolute Gasteiger partial charge is 0.251 e. The maximum absolute atomic E-state index is 12.9. The first-order valence-electron chi connectivity index (χ1n) is 42.0. The number of benzene rings is 10. The lowest BCUT2D eigenvalue weighted by Crippen LogP contribution is -2.63. The van der Waals surface area contributed by atoms with Gasteiger partial charge in [-0.05, 0) is 240 Å². The first kappa shape index (κ1) is 97.6. The van der Waals surface area contributed by atoms with E-state index in [1.807, 2.05) is 13.8 Å². The van der Waals surface area contributed by atoms with E-state index in [2.05, 4.69) is 26.6 Å². The number of likely N-dealkylation sites (N-methyl/N-ethyl adjacent to an activating group) is 2. The van der Waals surface area contributed by atoms with E-state index < -0.39 is 30.2 Å². The molecule has 0 aromatic heterocycles. The van der Waals surface area contributed by atoms with E-state index in [0.29, 0.717) is 83.3 Å². The maximum Gasteiger partial charge on any atom is 0.251 e. The van der Waals surface area contributed by atoms with E-state index in [1.165, 1.54) is 136 Å². The SMILES string of the molecule is CC(c1ccc(O)c(O)c1)C(C)c1ccc(O)c(O)c1.CN1C(=O)C(Cc2ccc(O)c(O)c2)N(C)C(=O)C1Cc1ccc(O)c(O)c1.O=C(NCC1CCCC(CNCc2ccc(O)c(O)c2)C1)c1ccc(O)c(O)c1.O=C(NCc1ccc(O)c(O)c1)C1CCCN1C(=O)Cc1ccc(O)c(O)c1.O=C1NC(Cc2ccc(O)c(O)c2)C(=O)NC1Cc1ccc(O)c(O)c1. The molecule has 35 heteroatoms. The molecule has 0 spiro atoms. The number of amides is 7. The average Bonchev–Trinajstić information content (AvgIpc) is 1.24. The first-order chi connectivity index (χ1) is 62.2. The minimum Gasteiger partial charge on any atom is -0.504 e. The summed E-state index contributed by atoms with van der Waals surface area (Å²) in [5, 5.41) is 204. The van der Waals surface area contributed by atoms with Crippen molar-refractivity contribution >= 4 is 41.4 Å². The number of phenols is 20. The van der Waals surface area contributed by atoms with Crippen LogP contribution in [-0.2, 0) is 74.0 Å². The number of likely N-dealkylation sites (tertiary alicyclic amines) is 1. The lowest BCUT2D eigenvalue weighted by atomic mass is 9.81. The number of hydrogen-bond donors (Lipinski definition) is 25. The van der Waals surface area contributed by atoms with Crippen LogP contribution in [0.25, 0.3) is 0 Å². The number of rotatable bonds is 23.